The molecule has 0 aliphatic carbocycles. The van der Waals surface area contributed by atoms with Gasteiger partial charge < -0.3 is 5.11 Å². The normalized spacial score (nSPS) is 21.2. The first kappa shape index (κ1) is 15.9. The van der Waals surface area contributed by atoms with Gasteiger partial charge in [0.05, 0.1) is 11.0 Å². The molecule has 1 aromatic carbocycles. The number of nitrogens with zero attached hydrogens (tertiary/aromatic N) is 2. The van der Waals surface area contributed by atoms with Gasteiger partial charge in [-0.05, 0) is 32.7 Å². The first-order valence-electron chi connectivity index (χ1n) is 7.33. The summed E-state index contributed by atoms with van der Waals surface area (Å²) in [4.78, 5) is 12.2. The van der Waals surface area contributed by atoms with Crippen LogP contribution >= 0.6 is 0 Å². The van der Waals surface area contributed by atoms with Crippen molar-refractivity contribution < 1.29 is 14.4 Å². The summed E-state index contributed by atoms with van der Waals surface area (Å²) in [5.74, 6) is -0.746. The molecular weight excluding hydrogens is 275 g/mol. The number of hydrogen-bond donors (Lipinski definition) is 1. The first-order valence-corrected chi connectivity index (χ1v) is 7.33. The standard InChI is InChI=1S/C15H21FN2O3/c1-11(19)9-13-6-2-3-8-17(13)10-12-5-4-7-14(15(12)16)18(20)21/h4-5,7,11,13,19H,2-3,6,8-10H2,1H3. The number of halogens is 1. The topological polar surface area (TPSA) is 66.6 Å². The third-order valence-corrected chi connectivity index (χ3v) is 3.99. The molecule has 21 heavy (non-hydrogen) atoms. The average Bonchev–Trinajstić information content (AvgIpc) is 2.42. The van der Waals surface area contributed by atoms with Gasteiger partial charge in [0.15, 0.2) is 0 Å². The lowest BCUT2D eigenvalue weighted by atomic mass is 9.96. The number of aliphatic hydroxyl groups is 1. The fourth-order valence-corrected chi connectivity index (χ4v) is 2.98. The summed E-state index contributed by atoms with van der Waals surface area (Å²) in [7, 11) is 0. The highest BCUT2D eigenvalue weighted by Crippen LogP contribution is 2.26. The highest BCUT2D eigenvalue weighted by molar-refractivity contribution is 5.36. The van der Waals surface area contributed by atoms with E-state index >= 15 is 0 Å². The lowest BCUT2D eigenvalue weighted by molar-refractivity contribution is -0.387. The van der Waals surface area contributed by atoms with Crippen molar-refractivity contribution in [2.24, 2.45) is 0 Å². The van der Waals surface area contributed by atoms with Crippen molar-refractivity contribution in [3.05, 3.63) is 39.7 Å². The number of benzene rings is 1. The molecule has 0 saturated carbocycles. The van der Waals surface area contributed by atoms with Crippen molar-refractivity contribution in [1.29, 1.82) is 0 Å². The maximum absolute atomic E-state index is 14.2. The van der Waals surface area contributed by atoms with E-state index in [9.17, 15) is 19.6 Å². The van der Waals surface area contributed by atoms with Crippen molar-refractivity contribution in [1.82, 2.24) is 4.90 Å². The number of likely N-dealkylation sites (tertiary alicyclic amines) is 1. The molecule has 0 radical (unpaired) electrons. The van der Waals surface area contributed by atoms with Crippen molar-refractivity contribution in [3.8, 4) is 0 Å². The fourth-order valence-electron chi connectivity index (χ4n) is 2.98. The van der Waals surface area contributed by atoms with Gasteiger partial charge >= 0.3 is 5.69 Å². The second-order valence-electron chi connectivity index (χ2n) is 5.71. The predicted molar refractivity (Wildman–Crippen MR) is 77.4 cm³/mol. The van der Waals surface area contributed by atoms with E-state index in [1.54, 1.807) is 13.0 Å². The summed E-state index contributed by atoms with van der Waals surface area (Å²) in [6.07, 6.45) is 3.36. The van der Waals surface area contributed by atoms with E-state index in [1.165, 1.54) is 12.1 Å². The Morgan fingerprint density at radius 3 is 2.95 bits per heavy atom. The first-order chi connectivity index (χ1) is 9.99. The summed E-state index contributed by atoms with van der Waals surface area (Å²) < 4.78 is 14.2. The minimum absolute atomic E-state index is 0.206. The summed E-state index contributed by atoms with van der Waals surface area (Å²) in [5, 5.41) is 20.4. The van der Waals surface area contributed by atoms with Crippen LogP contribution in [0, 0.1) is 15.9 Å². The Balaban J connectivity index is 2.15. The van der Waals surface area contributed by atoms with E-state index in [2.05, 4.69) is 4.90 Å². The number of piperidine rings is 1. The van der Waals surface area contributed by atoms with Gasteiger partial charge in [0.1, 0.15) is 0 Å². The van der Waals surface area contributed by atoms with E-state index in [0.29, 0.717) is 18.5 Å². The molecule has 1 aromatic rings. The molecule has 2 rings (SSSR count). The van der Waals surface area contributed by atoms with Crippen LogP contribution in [0.3, 0.4) is 0 Å². The van der Waals surface area contributed by atoms with Crippen molar-refractivity contribution >= 4 is 5.69 Å². The molecule has 6 heteroatoms. The largest absolute Gasteiger partial charge is 0.393 e. The van der Waals surface area contributed by atoms with Gasteiger partial charge in [0, 0.05) is 24.2 Å². The van der Waals surface area contributed by atoms with Crippen LogP contribution in [0.4, 0.5) is 10.1 Å². The number of rotatable bonds is 5. The second kappa shape index (κ2) is 6.95. The van der Waals surface area contributed by atoms with Gasteiger partial charge in [-0.2, -0.15) is 4.39 Å². The van der Waals surface area contributed by atoms with E-state index < -0.39 is 22.5 Å². The maximum atomic E-state index is 14.2. The molecule has 1 fully saturated rings. The molecule has 1 heterocycles. The molecule has 0 aromatic heterocycles. The molecule has 2 unspecified atom stereocenters. The minimum atomic E-state index is -0.746. The summed E-state index contributed by atoms with van der Waals surface area (Å²) >= 11 is 0. The number of hydrogen-bond acceptors (Lipinski definition) is 4. The van der Waals surface area contributed by atoms with E-state index in [1.807, 2.05) is 0 Å². The second-order valence-corrected chi connectivity index (χ2v) is 5.71. The zero-order valence-corrected chi connectivity index (χ0v) is 12.2. The SMILES string of the molecule is CC(O)CC1CCCCN1Cc1cccc([N+](=O)[O-])c1F. The van der Waals surface area contributed by atoms with Crippen LogP contribution in [0.5, 0.6) is 0 Å². The monoisotopic (exact) mass is 296 g/mol. The summed E-state index contributed by atoms with van der Waals surface area (Å²) in [5.41, 5.74) is -0.127. The fraction of sp³-hybridized carbons (Fsp3) is 0.600. The van der Waals surface area contributed by atoms with Crippen LogP contribution in [0.15, 0.2) is 18.2 Å². The zero-order valence-electron chi connectivity index (χ0n) is 12.2. The lowest BCUT2D eigenvalue weighted by Crippen LogP contribution is -2.40. The molecule has 0 amide bonds. The van der Waals surface area contributed by atoms with E-state index in [4.69, 9.17) is 0 Å². The third kappa shape index (κ3) is 3.98. The smallest absolute Gasteiger partial charge is 0.305 e. The highest BCUT2D eigenvalue weighted by Gasteiger charge is 2.26. The quantitative estimate of drug-likeness (QED) is 0.670. The molecule has 0 bridgehead atoms. The molecular formula is C15H21FN2O3. The Hall–Kier alpha value is -1.53. The summed E-state index contributed by atoms with van der Waals surface area (Å²) in [6, 6.07) is 4.50. The van der Waals surface area contributed by atoms with Crippen LogP contribution < -0.4 is 0 Å². The lowest BCUT2D eigenvalue weighted by Gasteiger charge is -2.36. The maximum Gasteiger partial charge on any atom is 0.305 e. The Morgan fingerprint density at radius 2 is 2.29 bits per heavy atom. The Labute approximate surface area is 123 Å². The van der Waals surface area contributed by atoms with Crippen molar-refractivity contribution in [3.63, 3.8) is 0 Å². The molecule has 5 nitrogen and oxygen atoms in total. The third-order valence-electron chi connectivity index (χ3n) is 3.99. The molecule has 116 valence electrons. The predicted octanol–water partition coefficient (Wildman–Crippen LogP) is 2.86. The molecule has 1 N–H and O–H groups in total. The van der Waals surface area contributed by atoms with Crippen LogP contribution in [0.1, 0.15) is 38.2 Å². The van der Waals surface area contributed by atoms with Gasteiger partial charge in [-0.3, -0.25) is 15.0 Å². The van der Waals surface area contributed by atoms with E-state index in [-0.39, 0.29) is 6.04 Å². The van der Waals surface area contributed by atoms with Gasteiger partial charge in [-0.15, -0.1) is 0 Å². The number of nitro benzene ring substituents is 1. The van der Waals surface area contributed by atoms with Crippen LogP contribution in [-0.4, -0.2) is 33.6 Å². The number of aliphatic hydroxyl groups excluding tert-OH is 1. The Morgan fingerprint density at radius 1 is 1.52 bits per heavy atom. The van der Waals surface area contributed by atoms with Crippen LogP contribution in [-0.2, 0) is 6.54 Å². The van der Waals surface area contributed by atoms with Crippen LogP contribution in [0.2, 0.25) is 0 Å². The number of nitro groups is 1. The van der Waals surface area contributed by atoms with Crippen molar-refractivity contribution in [2.45, 2.75) is 51.3 Å². The molecule has 2 atom stereocenters. The van der Waals surface area contributed by atoms with Gasteiger partial charge in [-0.1, -0.05) is 18.6 Å². The van der Waals surface area contributed by atoms with Crippen molar-refractivity contribution in [2.75, 3.05) is 6.54 Å². The molecule has 1 aliphatic rings. The molecule has 0 spiro atoms. The Kier molecular flexibility index (Phi) is 5.25. The van der Waals surface area contributed by atoms with E-state index in [0.717, 1.165) is 25.8 Å². The van der Waals surface area contributed by atoms with Crippen LogP contribution in [0.25, 0.3) is 0 Å². The van der Waals surface area contributed by atoms with Gasteiger partial charge in [0.25, 0.3) is 0 Å². The highest BCUT2D eigenvalue weighted by atomic mass is 19.1. The molecule has 1 saturated heterocycles. The Bertz CT molecular complexity index is 508. The zero-order chi connectivity index (χ0) is 15.4. The molecule has 1 aliphatic heterocycles. The average molecular weight is 296 g/mol. The van der Waals surface area contributed by atoms with Gasteiger partial charge in [-0.25, -0.2) is 0 Å². The van der Waals surface area contributed by atoms with Gasteiger partial charge in [0.2, 0.25) is 5.82 Å². The minimum Gasteiger partial charge on any atom is -0.393 e. The summed E-state index contributed by atoms with van der Waals surface area (Å²) in [6.45, 7) is 2.94.